The zero-order chi connectivity index (χ0) is 15.6. The van der Waals surface area contributed by atoms with E-state index in [9.17, 15) is 0 Å². The van der Waals surface area contributed by atoms with Crippen LogP contribution in [0.4, 0.5) is 11.6 Å². The summed E-state index contributed by atoms with van der Waals surface area (Å²) < 4.78 is 5.41. The van der Waals surface area contributed by atoms with Crippen molar-refractivity contribution in [3.8, 4) is 0 Å². The highest BCUT2D eigenvalue weighted by atomic mass is 35.5. The maximum absolute atomic E-state index is 6.47. The number of halogens is 1. The van der Waals surface area contributed by atoms with Crippen LogP contribution < -0.4 is 9.80 Å². The summed E-state index contributed by atoms with van der Waals surface area (Å²) in [6, 6.07) is 6.05. The number of pyridine rings is 2. The quantitative estimate of drug-likeness (QED) is 0.845. The fraction of sp³-hybridized carbons (Fsp3) is 0.529. The summed E-state index contributed by atoms with van der Waals surface area (Å²) in [6.07, 6.45) is 3.79. The predicted octanol–water partition coefficient (Wildman–Crippen LogP) is 3.11. The molecule has 0 saturated carbocycles. The maximum Gasteiger partial charge on any atom is 0.165 e. The molecule has 0 radical (unpaired) electrons. The molecule has 2 saturated heterocycles. The van der Waals surface area contributed by atoms with Crippen LogP contribution in [0.2, 0.25) is 5.02 Å². The van der Waals surface area contributed by atoms with E-state index in [-0.39, 0.29) is 0 Å². The van der Waals surface area contributed by atoms with Gasteiger partial charge in [-0.1, -0.05) is 11.6 Å². The van der Waals surface area contributed by atoms with E-state index in [1.807, 2.05) is 12.1 Å². The maximum atomic E-state index is 6.47. The van der Waals surface area contributed by atoms with Crippen LogP contribution in [0, 0.1) is 0 Å². The number of morpholine rings is 1. The highest BCUT2D eigenvalue weighted by Crippen LogP contribution is 2.28. The van der Waals surface area contributed by atoms with E-state index in [2.05, 4.69) is 15.9 Å². The molecule has 0 aliphatic carbocycles. The smallest absolute Gasteiger partial charge is 0.165 e. The van der Waals surface area contributed by atoms with Crippen molar-refractivity contribution in [1.82, 2.24) is 9.97 Å². The molecule has 6 heteroatoms. The molecule has 0 amide bonds. The van der Waals surface area contributed by atoms with E-state index in [0.29, 0.717) is 5.02 Å². The normalized spacial score (nSPS) is 19.3. The van der Waals surface area contributed by atoms with E-state index in [4.69, 9.17) is 26.3 Å². The van der Waals surface area contributed by atoms with Crippen LogP contribution in [-0.4, -0.2) is 49.4 Å². The molecule has 4 rings (SSSR count). The van der Waals surface area contributed by atoms with Gasteiger partial charge >= 0.3 is 0 Å². The predicted molar refractivity (Wildman–Crippen MR) is 93.6 cm³/mol. The molecule has 2 aromatic rings. The summed E-state index contributed by atoms with van der Waals surface area (Å²) in [7, 11) is 0. The average molecular weight is 333 g/mol. The molecule has 5 nitrogen and oxygen atoms in total. The molecular weight excluding hydrogens is 312 g/mol. The zero-order valence-electron chi connectivity index (χ0n) is 13.2. The van der Waals surface area contributed by atoms with Gasteiger partial charge in [0.15, 0.2) is 5.65 Å². The van der Waals surface area contributed by atoms with Gasteiger partial charge in [-0.3, -0.25) is 0 Å². The lowest BCUT2D eigenvalue weighted by atomic mass is 10.1. The first-order chi connectivity index (χ1) is 11.3. The van der Waals surface area contributed by atoms with Crippen molar-refractivity contribution in [2.24, 2.45) is 0 Å². The molecule has 0 spiro atoms. The highest BCUT2D eigenvalue weighted by Gasteiger charge is 2.17. The molecule has 0 unspecified atom stereocenters. The zero-order valence-corrected chi connectivity index (χ0v) is 13.9. The van der Waals surface area contributed by atoms with E-state index in [1.54, 1.807) is 0 Å². The minimum absolute atomic E-state index is 0.717. The molecule has 2 aliphatic rings. The van der Waals surface area contributed by atoms with Gasteiger partial charge in [0.05, 0.1) is 18.2 Å². The van der Waals surface area contributed by atoms with E-state index >= 15 is 0 Å². The summed E-state index contributed by atoms with van der Waals surface area (Å²) in [6.45, 7) is 5.32. The van der Waals surface area contributed by atoms with Gasteiger partial charge in [-0.05, 0) is 31.4 Å². The average Bonchev–Trinajstić information content (AvgIpc) is 2.63. The van der Waals surface area contributed by atoms with Crippen molar-refractivity contribution >= 4 is 34.3 Å². The topological polar surface area (TPSA) is 41.5 Å². The Balaban J connectivity index is 1.70. The second kappa shape index (κ2) is 6.49. The van der Waals surface area contributed by atoms with Crippen molar-refractivity contribution in [3.63, 3.8) is 0 Å². The molecule has 122 valence electrons. The van der Waals surface area contributed by atoms with Crippen LogP contribution in [0.25, 0.3) is 11.0 Å². The first-order valence-electron chi connectivity index (χ1n) is 8.36. The van der Waals surface area contributed by atoms with E-state index in [1.165, 1.54) is 19.3 Å². The summed E-state index contributed by atoms with van der Waals surface area (Å²) in [5.41, 5.74) is 0.738. The van der Waals surface area contributed by atoms with Gasteiger partial charge in [-0.25, -0.2) is 9.97 Å². The molecule has 2 aliphatic heterocycles. The van der Waals surface area contributed by atoms with Crippen LogP contribution in [0.5, 0.6) is 0 Å². The van der Waals surface area contributed by atoms with Gasteiger partial charge in [0, 0.05) is 37.6 Å². The lowest BCUT2D eigenvalue weighted by molar-refractivity contribution is 0.122. The summed E-state index contributed by atoms with van der Waals surface area (Å²) in [5.74, 6) is 1.91. The first-order valence-corrected chi connectivity index (χ1v) is 8.74. The third-order valence-corrected chi connectivity index (χ3v) is 4.92. The van der Waals surface area contributed by atoms with Gasteiger partial charge in [0.25, 0.3) is 0 Å². The molecule has 2 fully saturated rings. The third-order valence-electron chi connectivity index (χ3n) is 4.61. The Kier molecular flexibility index (Phi) is 4.23. The minimum Gasteiger partial charge on any atom is -0.378 e. The fourth-order valence-corrected chi connectivity index (χ4v) is 3.54. The van der Waals surface area contributed by atoms with Crippen LogP contribution in [-0.2, 0) is 4.74 Å². The Bertz CT molecular complexity index is 691. The van der Waals surface area contributed by atoms with Crippen LogP contribution >= 0.6 is 11.6 Å². The van der Waals surface area contributed by atoms with Crippen LogP contribution in [0.3, 0.4) is 0 Å². The molecule has 4 heterocycles. The summed E-state index contributed by atoms with van der Waals surface area (Å²) >= 11 is 6.47. The first kappa shape index (κ1) is 15.0. The van der Waals surface area contributed by atoms with Gasteiger partial charge in [-0.2, -0.15) is 0 Å². The lowest BCUT2D eigenvalue weighted by Crippen LogP contribution is -2.36. The number of hydrogen-bond donors (Lipinski definition) is 0. The Morgan fingerprint density at radius 1 is 0.870 bits per heavy atom. The summed E-state index contributed by atoms with van der Waals surface area (Å²) in [5, 5.41) is 1.64. The van der Waals surface area contributed by atoms with Crippen LogP contribution in [0.15, 0.2) is 18.2 Å². The number of ether oxygens (including phenoxy) is 1. The number of rotatable bonds is 2. The van der Waals surface area contributed by atoms with Crippen molar-refractivity contribution < 1.29 is 4.74 Å². The largest absolute Gasteiger partial charge is 0.378 e. The molecule has 0 aromatic carbocycles. The molecule has 0 N–H and O–H groups in total. The minimum atomic E-state index is 0.717. The van der Waals surface area contributed by atoms with Crippen molar-refractivity contribution in [3.05, 3.63) is 23.2 Å². The van der Waals surface area contributed by atoms with Gasteiger partial charge in [0.2, 0.25) is 0 Å². The SMILES string of the molecule is Clc1cc(N2CCOCC2)nc2nc(N3CCCCC3)ccc12. The number of fused-ring (bicyclic) bond motifs is 1. The monoisotopic (exact) mass is 332 g/mol. The highest BCUT2D eigenvalue weighted by molar-refractivity contribution is 6.35. The van der Waals surface area contributed by atoms with Crippen molar-refractivity contribution in [2.45, 2.75) is 19.3 Å². The molecular formula is C17H21ClN4O. The number of anilines is 2. The summed E-state index contributed by atoms with van der Waals surface area (Å²) in [4.78, 5) is 14.1. The number of hydrogen-bond acceptors (Lipinski definition) is 5. The van der Waals surface area contributed by atoms with E-state index in [0.717, 1.165) is 62.1 Å². The number of nitrogens with zero attached hydrogens (tertiary/aromatic N) is 4. The Morgan fingerprint density at radius 2 is 1.57 bits per heavy atom. The molecule has 0 bridgehead atoms. The molecule has 23 heavy (non-hydrogen) atoms. The molecule has 0 atom stereocenters. The Labute approximate surface area is 141 Å². The number of piperidine rings is 1. The standard InChI is InChI=1S/C17H21ClN4O/c18-14-12-16(22-8-10-23-11-9-22)20-17-13(14)4-5-15(19-17)21-6-2-1-3-7-21/h4-5,12H,1-3,6-11H2. The fourth-order valence-electron chi connectivity index (χ4n) is 3.30. The number of aromatic nitrogens is 2. The third kappa shape index (κ3) is 3.08. The van der Waals surface area contributed by atoms with E-state index < -0.39 is 0 Å². The molecule has 2 aromatic heterocycles. The lowest BCUT2D eigenvalue weighted by Gasteiger charge is -2.29. The Morgan fingerprint density at radius 3 is 2.35 bits per heavy atom. The van der Waals surface area contributed by atoms with Gasteiger partial charge in [-0.15, -0.1) is 0 Å². The van der Waals surface area contributed by atoms with Crippen LogP contribution in [0.1, 0.15) is 19.3 Å². The van der Waals surface area contributed by atoms with Crippen molar-refractivity contribution in [1.29, 1.82) is 0 Å². The van der Waals surface area contributed by atoms with Gasteiger partial charge < -0.3 is 14.5 Å². The van der Waals surface area contributed by atoms with Gasteiger partial charge in [0.1, 0.15) is 11.6 Å². The van der Waals surface area contributed by atoms with Crippen molar-refractivity contribution in [2.75, 3.05) is 49.2 Å². The second-order valence-electron chi connectivity index (χ2n) is 6.15. The second-order valence-corrected chi connectivity index (χ2v) is 6.56. The Hall–Kier alpha value is -1.59.